The zero-order valence-electron chi connectivity index (χ0n) is 13.5. The third-order valence-electron chi connectivity index (χ3n) is 3.43. The summed E-state index contributed by atoms with van der Waals surface area (Å²) >= 11 is 0. The van der Waals surface area contributed by atoms with Gasteiger partial charge in [0.15, 0.2) is 5.79 Å². The molecule has 0 aromatic carbocycles. The van der Waals surface area contributed by atoms with Gasteiger partial charge in [0.1, 0.15) is 11.9 Å². The molecule has 0 N–H and O–H groups in total. The number of rotatable bonds is 9. The number of ketones is 1. The molecule has 0 amide bonds. The Kier molecular flexibility index (Phi) is 7.89. The maximum atomic E-state index is 11.7. The summed E-state index contributed by atoms with van der Waals surface area (Å²) in [5.41, 5.74) is 0. The van der Waals surface area contributed by atoms with Crippen molar-refractivity contribution in [2.45, 2.75) is 77.6 Å². The van der Waals surface area contributed by atoms with E-state index in [-0.39, 0.29) is 24.3 Å². The number of esters is 1. The molecule has 0 aliphatic carbocycles. The number of ether oxygens (including phenoxy) is 3. The van der Waals surface area contributed by atoms with Crippen LogP contribution in [0.4, 0.5) is 0 Å². The van der Waals surface area contributed by atoms with Gasteiger partial charge in [-0.1, -0.05) is 19.8 Å². The van der Waals surface area contributed by atoms with Crippen LogP contribution in [-0.2, 0) is 23.8 Å². The first-order chi connectivity index (χ1) is 9.93. The second-order valence-corrected chi connectivity index (χ2v) is 5.98. The molecule has 0 aromatic heterocycles. The molecule has 1 aliphatic heterocycles. The van der Waals surface area contributed by atoms with Gasteiger partial charge < -0.3 is 14.2 Å². The normalized spacial score (nSPS) is 18.4. The molecule has 0 saturated carbocycles. The van der Waals surface area contributed by atoms with E-state index >= 15 is 0 Å². The Labute approximate surface area is 127 Å². The average molecular weight is 300 g/mol. The molecule has 1 fully saturated rings. The van der Waals surface area contributed by atoms with Gasteiger partial charge >= 0.3 is 5.97 Å². The molecule has 0 bridgehead atoms. The van der Waals surface area contributed by atoms with E-state index in [2.05, 4.69) is 6.92 Å². The number of Topliss-reactive ketones (excluding diaryl/α,β-unsaturated/α-hetero) is 1. The van der Waals surface area contributed by atoms with E-state index < -0.39 is 5.79 Å². The summed E-state index contributed by atoms with van der Waals surface area (Å²) in [6.45, 7) is 6.48. The summed E-state index contributed by atoms with van der Waals surface area (Å²) in [6.07, 6.45) is 4.74. The van der Waals surface area contributed by atoms with E-state index in [1.165, 1.54) is 0 Å². The van der Waals surface area contributed by atoms with Gasteiger partial charge in [0, 0.05) is 19.3 Å². The summed E-state index contributed by atoms with van der Waals surface area (Å²) in [5, 5.41) is 0. The topological polar surface area (TPSA) is 61.8 Å². The van der Waals surface area contributed by atoms with E-state index in [4.69, 9.17) is 14.2 Å². The molecule has 0 spiro atoms. The molecular formula is C16H28O5. The van der Waals surface area contributed by atoms with E-state index in [1.54, 1.807) is 0 Å². The zero-order chi connectivity index (χ0) is 15.7. The maximum absolute atomic E-state index is 11.7. The van der Waals surface area contributed by atoms with Gasteiger partial charge in [-0.25, -0.2) is 0 Å². The van der Waals surface area contributed by atoms with Crippen LogP contribution in [-0.4, -0.2) is 36.9 Å². The van der Waals surface area contributed by atoms with Gasteiger partial charge in [0.2, 0.25) is 0 Å². The van der Waals surface area contributed by atoms with Crippen LogP contribution in [0.25, 0.3) is 0 Å². The fourth-order valence-electron chi connectivity index (χ4n) is 2.12. The average Bonchev–Trinajstić information content (AvgIpc) is 2.41. The SMILES string of the molecule is CCCCCC(=O)CCCC(=O)OC1COC(C)(C)OC1. The van der Waals surface area contributed by atoms with Gasteiger partial charge in [-0.3, -0.25) is 9.59 Å². The summed E-state index contributed by atoms with van der Waals surface area (Å²) in [4.78, 5) is 23.2. The lowest BCUT2D eigenvalue weighted by molar-refractivity contribution is -0.276. The maximum Gasteiger partial charge on any atom is 0.306 e. The molecule has 0 atom stereocenters. The summed E-state index contributed by atoms with van der Waals surface area (Å²) in [6, 6.07) is 0. The van der Waals surface area contributed by atoms with Crippen molar-refractivity contribution in [2.75, 3.05) is 13.2 Å². The highest BCUT2D eigenvalue weighted by Gasteiger charge is 2.30. The van der Waals surface area contributed by atoms with E-state index in [0.29, 0.717) is 32.5 Å². The van der Waals surface area contributed by atoms with Crippen LogP contribution < -0.4 is 0 Å². The van der Waals surface area contributed by atoms with Crippen molar-refractivity contribution < 1.29 is 23.8 Å². The number of carbonyl (C=O) groups excluding carboxylic acids is 2. The third kappa shape index (κ3) is 8.17. The summed E-state index contributed by atoms with van der Waals surface area (Å²) in [5.74, 6) is -0.649. The van der Waals surface area contributed by atoms with Crippen molar-refractivity contribution in [3.05, 3.63) is 0 Å². The lowest BCUT2D eigenvalue weighted by Gasteiger charge is -2.34. The Bertz CT molecular complexity index is 328. The molecule has 0 unspecified atom stereocenters. The molecule has 5 heteroatoms. The fraction of sp³-hybridized carbons (Fsp3) is 0.875. The lowest BCUT2D eigenvalue weighted by Crippen LogP contribution is -2.43. The van der Waals surface area contributed by atoms with Gasteiger partial charge in [-0.2, -0.15) is 0 Å². The van der Waals surface area contributed by atoms with Crippen molar-refractivity contribution >= 4 is 11.8 Å². The molecule has 1 heterocycles. The second kappa shape index (κ2) is 9.15. The number of carbonyl (C=O) groups is 2. The van der Waals surface area contributed by atoms with Crippen molar-refractivity contribution in [1.29, 1.82) is 0 Å². The van der Waals surface area contributed by atoms with Crippen LogP contribution in [0.3, 0.4) is 0 Å². The minimum atomic E-state index is -0.603. The highest BCUT2D eigenvalue weighted by atomic mass is 16.7. The minimum absolute atomic E-state index is 0.238. The smallest absolute Gasteiger partial charge is 0.306 e. The summed E-state index contributed by atoms with van der Waals surface area (Å²) in [7, 11) is 0. The van der Waals surface area contributed by atoms with Crippen molar-refractivity contribution in [1.82, 2.24) is 0 Å². The van der Waals surface area contributed by atoms with Gasteiger partial charge in [0.25, 0.3) is 0 Å². The standard InChI is InChI=1S/C16H28O5/c1-4-5-6-8-13(17)9-7-10-15(18)21-14-11-19-16(2,3)20-12-14/h14H,4-12H2,1-3H3. The lowest BCUT2D eigenvalue weighted by atomic mass is 10.1. The van der Waals surface area contributed by atoms with E-state index in [9.17, 15) is 9.59 Å². The minimum Gasteiger partial charge on any atom is -0.457 e. The van der Waals surface area contributed by atoms with Gasteiger partial charge in [0.05, 0.1) is 13.2 Å². The molecule has 5 nitrogen and oxygen atoms in total. The molecule has 1 rings (SSSR count). The Morgan fingerprint density at radius 1 is 1.05 bits per heavy atom. The Morgan fingerprint density at radius 3 is 2.29 bits per heavy atom. The molecular weight excluding hydrogens is 272 g/mol. The molecule has 0 aromatic rings. The van der Waals surface area contributed by atoms with Crippen LogP contribution in [0, 0.1) is 0 Å². The van der Waals surface area contributed by atoms with Crippen LogP contribution in [0.15, 0.2) is 0 Å². The first kappa shape index (κ1) is 18.1. The molecule has 122 valence electrons. The van der Waals surface area contributed by atoms with Gasteiger partial charge in [-0.15, -0.1) is 0 Å². The monoisotopic (exact) mass is 300 g/mol. The Morgan fingerprint density at radius 2 is 1.67 bits per heavy atom. The van der Waals surface area contributed by atoms with Crippen molar-refractivity contribution in [2.24, 2.45) is 0 Å². The Hall–Kier alpha value is -0.940. The van der Waals surface area contributed by atoms with Crippen molar-refractivity contribution in [3.8, 4) is 0 Å². The number of hydrogen-bond acceptors (Lipinski definition) is 5. The zero-order valence-corrected chi connectivity index (χ0v) is 13.5. The molecule has 1 aliphatic rings. The molecule has 1 saturated heterocycles. The third-order valence-corrected chi connectivity index (χ3v) is 3.43. The van der Waals surface area contributed by atoms with E-state index in [0.717, 1.165) is 19.3 Å². The van der Waals surface area contributed by atoms with Crippen LogP contribution in [0.1, 0.15) is 65.7 Å². The number of unbranched alkanes of at least 4 members (excludes halogenated alkanes) is 2. The molecule has 0 radical (unpaired) electrons. The van der Waals surface area contributed by atoms with Crippen molar-refractivity contribution in [3.63, 3.8) is 0 Å². The summed E-state index contributed by atoms with van der Waals surface area (Å²) < 4.78 is 16.1. The number of hydrogen-bond donors (Lipinski definition) is 0. The van der Waals surface area contributed by atoms with Crippen LogP contribution >= 0.6 is 0 Å². The van der Waals surface area contributed by atoms with Gasteiger partial charge in [-0.05, 0) is 26.7 Å². The first-order valence-corrected chi connectivity index (χ1v) is 7.92. The first-order valence-electron chi connectivity index (χ1n) is 7.92. The molecule has 21 heavy (non-hydrogen) atoms. The quantitative estimate of drug-likeness (QED) is 0.484. The van der Waals surface area contributed by atoms with E-state index in [1.807, 2.05) is 13.8 Å². The predicted molar refractivity (Wildman–Crippen MR) is 78.9 cm³/mol. The Balaban J connectivity index is 2.08. The largest absolute Gasteiger partial charge is 0.457 e. The van der Waals surface area contributed by atoms with Crippen LogP contribution in [0.5, 0.6) is 0 Å². The predicted octanol–water partition coefficient (Wildman–Crippen LogP) is 3.00. The fourth-order valence-corrected chi connectivity index (χ4v) is 2.12. The van der Waals surface area contributed by atoms with Crippen LogP contribution in [0.2, 0.25) is 0 Å². The highest BCUT2D eigenvalue weighted by molar-refractivity contribution is 5.79. The second-order valence-electron chi connectivity index (χ2n) is 5.98. The highest BCUT2D eigenvalue weighted by Crippen LogP contribution is 2.19.